The third-order valence-corrected chi connectivity index (χ3v) is 3.18. The molecule has 0 unspecified atom stereocenters. The van der Waals surface area contributed by atoms with Gasteiger partial charge in [0.15, 0.2) is 0 Å². The normalized spacial score (nSPS) is 14.4. The summed E-state index contributed by atoms with van der Waals surface area (Å²) in [5, 5.41) is 3.94. The first kappa shape index (κ1) is 11.9. The van der Waals surface area contributed by atoms with Crippen LogP contribution in [0.4, 0.5) is 0 Å². The van der Waals surface area contributed by atoms with E-state index in [0.717, 1.165) is 18.4 Å². The number of benzene rings is 1. The quantitative estimate of drug-likeness (QED) is 0.841. The molecule has 0 radical (unpaired) electrons. The second kappa shape index (κ2) is 4.84. The van der Waals surface area contributed by atoms with Gasteiger partial charge in [0, 0.05) is 18.5 Å². The summed E-state index contributed by atoms with van der Waals surface area (Å²) in [5.74, 6) is 1.40. The fraction of sp³-hybridized carbons (Fsp3) is 0.357. The number of carbonyl (C=O) groups is 1. The number of nitrogens with zero attached hydrogens (tertiary/aromatic N) is 3. The van der Waals surface area contributed by atoms with Crippen LogP contribution in [-0.2, 0) is 11.3 Å². The highest BCUT2D eigenvalue weighted by Gasteiger charge is 2.32. The van der Waals surface area contributed by atoms with Crippen molar-refractivity contribution in [2.75, 3.05) is 7.05 Å². The molecule has 19 heavy (non-hydrogen) atoms. The van der Waals surface area contributed by atoms with E-state index in [1.54, 1.807) is 11.9 Å². The highest BCUT2D eigenvalue weighted by Crippen LogP contribution is 2.31. The second-order valence-electron chi connectivity index (χ2n) is 4.85. The van der Waals surface area contributed by atoms with Gasteiger partial charge >= 0.3 is 0 Å². The lowest BCUT2D eigenvalue weighted by atomic mass is 10.2. The molecule has 0 spiro atoms. The Morgan fingerprint density at radius 2 is 2.11 bits per heavy atom. The molecule has 0 N–H and O–H groups in total. The maximum Gasteiger partial charge on any atom is 0.246 e. The largest absolute Gasteiger partial charge is 0.337 e. The van der Waals surface area contributed by atoms with Crippen molar-refractivity contribution in [1.29, 1.82) is 0 Å². The molecule has 3 rings (SSSR count). The van der Waals surface area contributed by atoms with Gasteiger partial charge in [0.1, 0.15) is 0 Å². The van der Waals surface area contributed by atoms with Crippen molar-refractivity contribution in [2.45, 2.75) is 19.4 Å². The monoisotopic (exact) mass is 257 g/mol. The van der Waals surface area contributed by atoms with Crippen molar-refractivity contribution < 1.29 is 9.32 Å². The molecular formula is C14H15N3O2. The third kappa shape index (κ3) is 2.65. The molecule has 1 amide bonds. The minimum atomic E-state index is 0.166. The van der Waals surface area contributed by atoms with Gasteiger partial charge in [-0.1, -0.05) is 35.5 Å². The summed E-state index contributed by atoms with van der Waals surface area (Å²) in [6.45, 7) is 0.370. The van der Waals surface area contributed by atoms with Crippen LogP contribution < -0.4 is 0 Å². The molecule has 1 aliphatic rings. The summed E-state index contributed by atoms with van der Waals surface area (Å²) in [5.41, 5.74) is 0.911. The number of amides is 1. The minimum Gasteiger partial charge on any atom is -0.337 e. The molecular weight excluding hydrogens is 242 g/mol. The van der Waals surface area contributed by atoms with Crippen LogP contribution in [0.25, 0.3) is 11.4 Å². The number of rotatable bonds is 4. The van der Waals surface area contributed by atoms with E-state index in [1.807, 2.05) is 30.3 Å². The van der Waals surface area contributed by atoms with E-state index >= 15 is 0 Å². The summed E-state index contributed by atoms with van der Waals surface area (Å²) in [6.07, 6.45) is 2.00. The second-order valence-corrected chi connectivity index (χ2v) is 4.85. The zero-order valence-electron chi connectivity index (χ0n) is 10.7. The van der Waals surface area contributed by atoms with Gasteiger partial charge in [-0.25, -0.2) is 0 Å². The van der Waals surface area contributed by atoms with E-state index < -0.39 is 0 Å². The fourth-order valence-electron chi connectivity index (χ4n) is 1.95. The molecule has 0 bridgehead atoms. The fourth-order valence-corrected chi connectivity index (χ4v) is 1.95. The van der Waals surface area contributed by atoms with Crippen LogP contribution in [0.2, 0.25) is 0 Å². The molecule has 5 nitrogen and oxygen atoms in total. The predicted molar refractivity (Wildman–Crippen MR) is 68.9 cm³/mol. The Morgan fingerprint density at radius 3 is 2.79 bits per heavy atom. The average Bonchev–Trinajstić information content (AvgIpc) is 3.19. The number of aromatic nitrogens is 2. The molecule has 1 aliphatic carbocycles. The van der Waals surface area contributed by atoms with Crippen LogP contribution in [0.3, 0.4) is 0 Å². The van der Waals surface area contributed by atoms with Crippen molar-refractivity contribution in [3.63, 3.8) is 0 Å². The Balaban J connectivity index is 1.69. The minimum absolute atomic E-state index is 0.166. The SMILES string of the molecule is CN(Cc1nc(-c2ccccc2)no1)C(=O)C1CC1. The number of hydrogen-bond donors (Lipinski definition) is 0. The van der Waals surface area contributed by atoms with Crippen LogP contribution in [0.1, 0.15) is 18.7 Å². The molecule has 2 aromatic rings. The Morgan fingerprint density at radius 1 is 1.37 bits per heavy atom. The van der Waals surface area contributed by atoms with Gasteiger partial charge in [-0.15, -0.1) is 0 Å². The summed E-state index contributed by atoms with van der Waals surface area (Å²) < 4.78 is 5.19. The van der Waals surface area contributed by atoms with Crippen molar-refractivity contribution in [3.8, 4) is 11.4 Å². The van der Waals surface area contributed by atoms with E-state index in [-0.39, 0.29) is 11.8 Å². The zero-order chi connectivity index (χ0) is 13.2. The van der Waals surface area contributed by atoms with Gasteiger partial charge in [-0.3, -0.25) is 4.79 Å². The van der Waals surface area contributed by atoms with Crippen molar-refractivity contribution in [2.24, 2.45) is 5.92 Å². The van der Waals surface area contributed by atoms with Gasteiger partial charge in [0.05, 0.1) is 6.54 Å². The van der Waals surface area contributed by atoms with Crippen LogP contribution in [-0.4, -0.2) is 28.0 Å². The molecule has 98 valence electrons. The van der Waals surface area contributed by atoms with Crippen LogP contribution >= 0.6 is 0 Å². The number of carbonyl (C=O) groups excluding carboxylic acids is 1. The van der Waals surface area contributed by atoms with E-state index in [2.05, 4.69) is 10.1 Å². The summed E-state index contributed by atoms with van der Waals surface area (Å²) in [6, 6.07) is 9.64. The Labute approximate surface area is 111 Å². The van der Waals surface area contributed by atoms with Crippen LogP contribution in [0.5, 0.6) is 0 Å². The van der Waals surface area contributed by atoms with Crippen molar-refractivity contribution in [1.82, 2.24) is 15.0 Å². The van der Waals surface area contributed by atoms with Crippen molar-refractivity contribution >= 4 is 5.91 Å². The summed E-state index contributed by atoms with van der Waals surface area (Å²) in [7, 11) is 1.77. The van der Waals surface area contributed by atoms with E-state index in [1.165, 1.54) is 0 Å². The Hall–Kier alpha value is -2.17. The lowest BCUT2D eigenvalue weighted by Crippen LogP contribution is -2.27. The Bertz CT molecular complexity index is 575. The first-order chi connectivity index (χ1) is 9.24. The lowest BCUT2D eigenvalue weighted by molar-refractivity contribution is -0.132. The standard InChI is InChI=1S/C14H15N3O2/c1-17(14(18)11-7-8-11)9-12-15-13(16-19-12)10-5-3-2-4-6-10/h2-6,11H,7-9H2,1H3. The van der Waals surface area contributed by atoms with Gasteiger partial charge in [0.25, 0.3) is 0 Å². The van der Waals surface area contributed by atoms with E-state index in [0.29, 0.717) is 18.3 Å². The molecule has 1 saturated carbocycles. The molecule has 1 aromatic carbocycles. The maximum absolute atomic E-state index is 11.8. The highest BCUT2D eigenvalue weighted by molar-refractivity contribution is 5.80. The first-order valence-corrected chi connectivity index (χ1v) is 6.37. The smallest absolute Gasteiger partial charge is 0.246 e. The average molecular weight is 257 g/mol. The summed E-state index contributed by atoms with van der Waals surface area (Å²) >= 11 is 0. The predicted octanol–water partition coefficient (Wildman–Crippen LogP) is 2.10. The van der Waals surface area contributed by atoms with Gasteiger partial charge in [-0.2, -0.15) is 4.98 Å². The molecule has 1 heterocycles. The molecule has 0 aliphatic heterocycles. The lowest BCUT2D eigenvalue weighted by Gasteiger charge is -2.13. The van der Waals surface area contributed by atoms with E-state index in [4.69, 9.17) is 4.52 Å². The Kier molecular flexibility index (Phi) is 3.03. The van der Waals surface area contributed by atoms with Gasteiger partial charge in [-0.05, 0) is 12.8 Å². The first-order valence-electron chi connectivity index (χ1n) is 6.37. The third-order valence-electron chi connectivity index (χ3n) is 3.18. The zero-order valence-corrected chi connectivity index (χ0v) is 10.7. The molecule has 1 aromatic heterocycles. The number of hydrogen-bond acceptors (Lipinski definition) is 4. The topological polar surface area (TPSA) is 59.2 Å². The molecule has 0 atom stereocenters. The van der Waals surface area contributed by atoms with Crippen molar-refractivity contribution in [3.05, 3.63) is 36.2 Å². The molecule has 5 heteroatoms. The van der Waals surface area contributed by atoms with Crippen LogP contribution in [0, 0.1) is 5.92 Å². The summed E-state index contributed by atoms with van der Waals surface area (Å²) in [4.78, 5) is 17.8. The highest BCUT2D eigenvalue weighted by atomic mass is 16.5. The van der Waals surface area contributed by atoms with Crippen LogP contribution in [0.15, 0.2) is 34.9 Å². The maximum atomic E-state index is 11.8. The van der Waals surface area contributed by atoms with E-state index in [9.17, 15) is 4.79 Å². The molecule has 0 saturated heterocycles. The molecule has 1 fully saturated rings. The van der Waals surface area contributed by atoms with Gasteiger partial charge in [0.2, 0.25) is 17.6 Å². The van der Waals surface area contributed by atoms with Gasteiger partial charge < -0.3 is 9.42 Å².